The van der Waals surface area contributed by atoms with Crippen LogP contribution in [0.3, 0.4) is 0 Å². The quantitative estimate of drug-likeness (QED) is 0.326. The van der Waals surface area contributed by atoms with E-state index in [1.165, 1.54) is 11.6 Å². The van der Waals surface area contributed by atoms with Crippen LogP contribution in [-0.2, 0) is 28.0 Å². The minimum atomic E-state index is -0.702. The van der Waals surface area contributed by atoms with Crippen LogP contribution in [0.25, 0.3) is 11.1 Å². The first-order chi connectivity index (χ1) is 18.6. The van der Waals surface area contributed by atoms with Crippen LogP contribution in [-0.4, -0.2) is 25.3 Å². The molecule has 1 saturated carbocycles. The lowest BCUT2D eigenvalue weighted by molar-refractivity contribution is -0.149. The number of hydrogen-bond donors (Lipinski definition) is 1. The van der Waals surface area contributed by atoms with Crippen molar-refractivity contribution in [1.82, 2.24) is 0 Å². The Morgan fingerprint density at radius 2 is 1.79 bits per heavy atom. The third-order valence-corrected chi connectivity index (χ3v) is 8.59. The topological polar surface area (TPSA) is 65.0 Å². The van der Waals surface area contributed by atoms with E-state index >= 15 is 4.39 Å². The van der Waals surface area contributed by atoms with E-state index in [4.69, 9.17) is 14.2 Å². The van der Waals surface area contributed by atoms with Gasteiger partial charge in [0, 0.05) is 18.1 Å². The molecule has 3 aromatic carbocycles. The Labute approximate surface area is 229 Å². The fraction of sp³-hybridized carbons (Fsp3) is 0.424. The molecular formula is C33H37FO5. The van der Waals surface area contributed by atoms with E-state index in [1.54, 1.807) is 26.4 Å². The number of ether oxygens (including phenoxy) is 3. The molecule has 1 N–H and O–H groups in total. The summed E-state index contributed by atoms with van der Waals surface area (Å²) in [6.45, 7) is 6.62. The number of rotatable bonds is 8. The van der Waals surface area contributed by atoms with Gasteiger partial charge < -0.3 is 19.3 Å². The van der Waals surface area contributed by atoms with E-state index < -0.39 is 5.97 Å². The number of fused-ring (bicyclic) bond motifs is 2. The van der Waals surface area contributed by atoms with Crippen LogP contribution in [0.5, 0.6) is 11.5 Å². The second-order valence-corrected chi connectivity index (χ2v) is 11.9. The Hall–Kier alpha value is -3.38. The van der Waals surface area contributed by atoms with Crippen LogP contribution in [0.15, 0.2) is 54.6 Å². The van der Waals surface area contributed by atoms with Gasteiger partial charge in [-0.05, 0) is 95.3 Å². The number of hydrogen-bond acceptors (Lipinski definition) is 4. The van der Waals surface area contributed by atoms with Crippen LogP contribution < -0.4 is 9.47 Å². The molecule has 0 bridgehead atoms. The lowest BCUT2D eigenvalue weighted by Gasteiger charge is -2.45. The van der Waals surface area contributed by atoms with Crippen molar-refractivity contribution in [3.8, 4) is 22.6 Å². The summed E-state index contributed by atoms with van der Waals surface area (Å²) in [4.78, 5) is 11.8. The van der Waals surface area contributed by atoms with Gasteiger partial charge in [-0.1, -0.05) is 39.0 Å². The second-order valence-electron chi connectivity index (χ2n) is 11.9. The van der Waals surface area contributed by atoms with Crippen LogP contribution in [0.2, 0.25) is 0 Å². The number of carboxylic acid groups (broad SMARTS) is 1. The van der Waals surface area contributed by atoms with Crippen molar-refractivity contribution >= 4 is 5.97 Å². The second kappa shape index (κ2) is 10.3. The molecule has 0 amide bonds. The lowest BCUT2D eigenvalue weighted by atomic mass is 9.57. The standard InChI is InChI=1S/C33H37FO5/c1-32(2,3)30(38-5)26-16-20(6-10-24(26)25-17-22(37-4)9-11-29(25)34)19-39-23-8-7-21-12-14-33(28(21)18-23)15-13-27(33)31(35)36/h6-11,16-18,27,30H,12-15,19H2,1-5H3,(H,35,36)/t27?,30-,33+/m1/s1. The molecule has 5 nitrogen and oxygen atoms in total. The van der Waals surface area contributed by atoms with Crippen molar-refractivity contribution in [2.45, 2.75) is 64.6 Å². The zero-order chi connectivity index (χ0) is 27.9. The maximum Gasteiger partial charge on any atom is 0.307 e. The highest BCUT2D eigenvalue weighted by atomic mass is 19.1. The molecular weight excluding hydrogens is 495 g/mol. The molecule has 2 aliphatic carbocycles. The third kappa shape index (κ3) is 4.91. The fourth-order valence-corrected chi connectivity index (χ4v) is 6.55. The molecule has 3 atom stereocenters. The number of carbonyl (C=O) groups is 1. The van der Waals surface area contributed by atoms with Gasteiger partial charge in [-0.15, -0.1) is 0 Å². The van der Waals surface area contributed by atoms with Gasteiger partial charge in [0.25, 0.3) is 0 Å². The predicted molar refractivity (Wildman–Crippen MR) is 149 cm³/mol. The monoisotopic (exact) mass is 532 g/mol. The molecule has 3 aromatic rings. The largest absolute Gasteiger partial charge is 0.497 e. The van der Waals surface area contributed by atoms with Crippen LogP contribution in [0.1, 0.15) is 68.4 Å². The molecule has 206 valence electrons. The lowest BCUT2D eigenvalue weighted by Crippen LogP contribution is -2.46. The van der Waals surface area contributed by atoms with Crippen molar-refractivity contribution < 1.29 is 28.5 Å². The van der Waals surface area contributed by atoms with Crippen LogP contribution in [0, 0.1) is 17.2 Å². The molecule has 5 rings (SSSR count). The number of benzene rings is 3. The number of halogens is 1. The normalized spacial score (nSPS) is 20.8. The summed E-state index contributed by atoms with van der Waals surface area (Å²) in [5.74, 6) is -0.0285. The number of carboxylic acids is 1. The highest BCUT2D eigenvalue weighted by Gasteiger charge is 2.54. The number of aryl methyl sites for hydroxylation is 1. The van der Waals surface area contributed by atoms with Crippen molar-refractivity contribution in [3.05, 3.63) is 82.7 Å². The first-order valence-electron chi connectivity index (χ1n) is 13.6. The van der Waals surface area contributed by atoms with E-state index in [-0.39, 0.29) is 28.7 Å². The minimum Gasteiger partial charge on any atom is -0.497 e. The van der Waals surface area contributed by atoms with E-state index in [2.05, 4.69) is 26.8 Å². The van der Waals surface area contributed by atoms with E-state index in [0.717, 1.165) is 53.7 Å². The fourth-order valence-electron chi connectivity index (χ4n) is 6.55. The van der Waals surface area contributed by atoms with Gasteiger partial charge >= 0.3 is 5.97 Å². The van der Waals surface area contributed by atoms with Gasteiger partial charge in [0.2, 0.25) is 0 Å². The van der Waals surface area contributed by atoms with Crippen molar-refractivity contribution in [2.75, 3.05) is 14.2 Å². The Bertz CT molecular complexity index is 1390. The van der Waals surface area contributed by atoms with Crippen molar-refractivity contribution in [2.24, 2.45) is 11.3 Å². The van der Waals surface area contributed by atoms with E-state index in [9.17, 15) is 9.90 Å². The summed E-state index contributed by atoms with van der Waals surface area (Å²) in [7, 11) is 3.25. The average molecular weight is 533 g/mol. The summed E-state index contributed by atoms with van der Waals surface area (Å²) in [6, 6.07) is 16.8. The maximum absolute atomic E-state index is 15.0. The van der Waals surface area contributed by atoms with Crippen LogP contribution >= 0.6 is 0 Å². The maximum atomic E-state index is 15.0. The Balaban J connectivity index is 1.46. The van der Waals surface area contributed by atoms with Crippen molar-refractivity contribution in [1.29, 1.82) is 0 Å². The summed E-state index contributed by atoms with van der Waals surface area (Å²) in [6.07, 6.45) is 3.16. The summed E-state index contributed by atoms with van der Waals surface area (Å²) >= 11 is 0. The molecule has 39 heavy (non-hydrogen) atoms. The van der Waals surface area contributed by atoms with Crippen LogP contribution in [0.4, 0.5) is 4.39 Å². The molecule has 1 fully saturated rings. The SMILES string of the molecule is COc1ccc(F)c(-c2ccc(COc3ccc4c(c3)[C@@]3(CC4)CCC3C(=O)O)cc2[C@@H](OC)C(C)(C)C)c1. The molecule has 2 aliphatic rings. The van der Waals surface area contributed by atoms with Gasteiger partial charge in [0.05, 0.1) is 19.1 Å². The summed E-state index contributed by atoms with van der Waals surface area (Å²) in [5.41, 5.74) is 4.89. The number of methoxy groups -OCH3 is 2. The smallest absolute Gasteiger partial charge is 0.307 e. The van der Waals surface area contributed by atoms with Gasteiger partial charge in [0.1, 0.15) is 23.9 Å². The molecule has 0 heterocycles. The average Bonchev–Trinajstić information content (AvgIpc) is 3.27. The van der Waals surface area contributed by atoms with E-state index in [1.807, 2.05) is 30.3 Å². The summed E-state index contributed by atoms with van der Waals surface area (Å²) in [5, 5.41) is 9.73. The minimum absolute atomic E-state index is 0.240. The zero-order valence-electron chi connectivity index (χ0n) is 23.3. The first kappa shape index (κ1) is 27.2. The molecule has 0 aliphatic heterocycles. The van der Waals surface area contributed by atoms with Gasteiger partial charge in [-0.25, -0.2) is 4.39 Å². The number of aliphatic carboxylic acids is 1. The molecule has 1 spiro atoms. The van der Waals surface area contributed by atoms with Crippen molar-refractivity contribution in [3.63, 3.8) is 0 Å². The third-order valence-electron chi connectivity index (χ3n) is 8.59. The molecule has 0 saturated heterocycles. The highest BCUT2D eigenvalue weighted by molar-refractivity contribution is 5.75. The molecule has 1 unspecified atom stereocenters. The summed E-state index contributed by atoms with van der Waals surface area (Å²) < 4.78 is 32.6. The molecule has 0 radical (unpaired) electrons. The van der Waals surface area contributed by atoms with Gasteiger partial charge in [0.15, 0.2) is 0 Å². The molecule has 0 aromatic heterocycles. The van der Waals surface area contributed by atoms with Gasteiger partial charge in [-0.2, -0.15) is 0 Å². The predicted octanol–water partition coefficient (Wildman–Crippen LogP) is 7.49. The molecule has 6 heteroatoms. The van der Waals surface area contributed by atoms with Gasteiger partial charge in [-0.3, -0.25) is 4.79 Å². The zero-order valence-corrected chi connectivity index (χ0v) is 23.3. The Morgan fingerprint density at radius 1 is 1.03 bits per heavy atom. The Morgan fingerprint density at radius 3 is 2.44 bits per heavy atom. The Kier molecular flexibility index (Phi) is 7.19. The first-order valence-corrected chi connectivity index (χ1v) is 13.6. The van der Waals surface area contributed by atoms with E-state index in [0.29, 0.717) is 17.9 Å². The highest BCUT2D eigenvalue weighted by Crippen LogP contribution is 2.57.